The molecule has 0 saturated heterocycles. The SMILES string of the molecule is COC1=C(OC)NC2C(=NC(N)NC2N)N1. The zero-order chi connectivity index (χ0) is 11.7. The largest absolute Gasteiger partial charge is 0.479 e. The van der Waals surface area contributed by atoms with Gasteiger partial charge < -0.3 is 25.8 Å². The van der Waals surface area contributed by atoms with Crippen molar-refractivity contribution in [3.05, 3.63) is 11.8 Å². The molecule has 2 rings (SSSR count). The standard InChI is InChI=1S/C8H16N6O2/c1-15-6-7(16-2)13-5-3(11-6)4(9)12-8(10)14-5/h3-4,8,11-12H,9-10H2,1-2H3,(H,13,14). The van der Waals surface area contributed by atoms with Gasteiger partial charge in [0.25, 0.3) is 5.88 Å². The molecule has 8 nitrogen and oxygen atoms in total. The van der Waals surface area contributed by atoms with Gasteiger partial charge in [-0.2, -0.15) is 0 Å². The van der Waals surface area contributed by atoms with Gasteiger partial charge in [0.2, 0.25) is 5.88 Å². The van der Waals surface area contributed by atoms with Gasteiger partial charge in [-0.25, -0.2) is 4.99 Å². The number of aliphatic imine (C=N–C) groups is 1. The van der Waals surface area contributed by atoms with E-state index in [-0.39, 0.29) is 12.2 Å². The second-order valence-corrected chi connectivity index (χ2v) is 3.47. The summed E-state index contributed by atoms with van der Waals surface area (Å²) in [5.74, 6) is 1.58. The monoisotopic (exact) mass is 228 g/mol. The molecule has 3 unspecified atom stereocenters. The highest BCUT2D eigenvalue weighted by atomic mass is 16.5. The number of hydrogen-bond donors (Lipinski definition) is 5. The van der Waals surface area contributed by atoms with Crippen molar-refractivity contribution in [2.45, 2.75) is 18.5 Å². The predicted octanol–water partition coefficient (Wildman–Crippen LogP) is -2.50. The summed E-state index contributed by atoms with van der Waals surface area (Å²) in [6.45, 7) is 0. The summed E-state index contributed by atoms with van der Waals surface area (Å²) in [4.78, 5) is 4.18. The minimum Gasteiger partial charge on any atom is -0.479 e. The zero-order valence-electron chi connectivity index (χ0n) is 9.15. The molecule has 0 fully saturated rings. The second kappa shape index (κ2) is 4.16. The Morgan fingerprint density at radius 1 is 1.19 bits per heavy atom. The normalized spacial score (nSPS) is 33.2. The first kappa shape index (κ1) is 11.0. The molecule has 16 heavy (non-hydrogen) atoms. The van der Waals surface area contributed by atoms with Crippen LogP contribution in [0.2, 0.25) is 0 Å². The number of nitrogens with one attached hydrogen (secondary N) is 3. The van der Waals surface area contributed by atoms with E-state index < -0.39 is 6.29 Å². The molecule has 7 N–H and O–H groups in total. The van der Waals surface area contributed by atoms with Crippen molar-refractivity contribution in [3.63, 3.8) is 0 Å². The summed E-state index contributed by atoms with van der Waals surface area (Å²) >= 11 is 0. The molecular weight excluding hydrogens is 212 g/mol. The van der Waals surface area contributed by atoms with Crippen LogP contribution in [0.5, 0.6) is 0 Å². The number of fused-ring (bicyclic) bond motifs is 1. The maximum Gasteiger partial charge on any atom is 0.254 e. The fourth-order valence-electron chi connectivity index (χ4n) is 1.67. The molecule has 0 aromatic carbocycles. The first-order valence-corrected chi connectivity index (χ1v) is 4.86. The Morgan fingerprint density at radius 3 is 2.50 bits per heavy atom. The van der Waals surface area contributed by atoms with E-state index in [0.29, 0.717) is 17.6 Å². The van der Waals surface area contributed by atoms with Crippen LogP contribution in [-0.2, 0) is 9.47 Å². The minimum absolute atomic E-state index is 0.214. The average molecular weight is 228 g/mol. The van der Waals surface area contributed by atoms with Crippen LogP contribution in [0.1, 0.15) is 0 Å². The number of nitrogens with two attached hydrogens (primary N) is 2. The van der Waals surface area contributed by atoms with Crippen LogP contribution in [0.15, 0.2) is 16.8 Å². The smallest absolute Gasteiger partial charge is 0.254 e. The quantitative estimate of drug-likeness (QED) is 0.354. The molecule has 2 aliphatic heterocycles. The Balaban J connectivity index is 2.28. The third kappa shape index (κ3) is 1.77. The van der Waals surface area contributed by atoms with Crippen LogP contribution < -0.4 is 27.4 Å². The van der Waals surface area contributed by atoms with E-state index in [4.69, 9.17) is 20.9 Å². The lowest BCUT2D eigenvalue weighted by Crippen LogP contribution is -2.68. The Bertz CT molecular complexity index is 341. The molecule has 0 radical (unpaired) electrons. The third-order valence-electron chi connectivity index (χ3n) is 2.44. The van der Waals surface area contributed by atoms with Gasteiger partial charge in [0.15, 0.2) is 6.29 Å². The summed E-state index contributed by atoms with van der Waals surface area (Å²) in [7, 11) is 3.07. The Hall–Kier alpha value is -1.51. The van der Waals surface area contributed by atoms with E-state index in [1.54, 1.807) is 7.11 Å². The van der Waals surface area contributed by atoms with Gasteiger partial charge in [-0.05, 0) is 0 Å². The number of ether oxygens (including phenoxy) is 2. The van der Waals surface area contributed by atoms with Crippen LogP contribution in [0.25, 0.3) is 0 Å². The first-order chi connectivity index (χ1) is 7.65. The Labute approximate surface area is 93.0 Å². The van der Waals surface area contributed by atoms with E-state index in [1.165, 1.54) is 7.11 Å². The molecule has 2 heterocycles. The molecule has 3 atom stereocenters. The number of rotatable bonds is 2. The predicted molar refractivity (Wildman–Crippen MR) is 57.6 cm³/mol. The number of amidine groups is 1. The Morgan fingerprint density at radius 2 is 1.88 bits per heavy atom. The maximum atomic E-state index is 5.89. The van der Waals surface area contributed by atoms with E-state index >= 15 is 0 Å². The van der Waals surface area contributed by atoms with Crippen molar-refractivity contribution in [3.8, 4) is 0 Å². The van der Waals surface area contributed by atoms with Crippen molar-refractivity contribution in [2.75, 3.05) is 14.2 Å². The van der Waals surface area contributed by atoms with Gasteiger partial charge >= 0.3 is 0 Å². The lowest BCUT2D eigenvalue weighted by molar-refractivity contribution is 0.172. The molecule has 0 aromatic rings. The van der Waals surface area contributed by atoms with Gasteiger partial charge in [0, 0.05) is 0 Å². The van der Waals surface area contributed by atoms with Gasteiger partial charge in [-0.15, -0.1) is 0 Å². The molecule has 0 aliphatic carbocycles. The second-order valence-electron chi connectivity index (χ2n) is 3.47. The highest BCUT2D eigenvalue weighted by Gasteiger charge is 2.35. The minimum atomic E-state index is -0.516. The van der Waals surface area contributed by atoms with Crippen LogP contribution >= 0.6 is 0 Å². The van der Waals surface area contributed by atoms with Crippen LogP contribution in [-0.4, -0.2) is 38.6 Å². The molecule has 0 aromatic heterocycles. The summed E-state index contributed by atoms with van der Waals surface area (Å²) in [5.41, 5.74) is 11.5. The molecule has 0 bridgehead atoms. The number of nitrogens with zero attached hydrogens (tertiary/aromatic N) is 1. The molecule has 90 valence electrons. The molecule has 8 heteroatoms. The van der Waals surface area contributed by atoms with Crippen molar-refractivity contribution < 1.29 is 9.47 Å². The topological polar surface area (TPSA) is 119 Å². The van der Waals surface area contributed by atoms with Crippen molar-refractivity contribution in [1.29, 1.82) is 0 Å². The zero-order valence-corrected chi connectivity index (χ0v) is 9.15. The highest BCUT2D eigenvalue weighted by Crippen LogP contribution is 2.12. The summed E-state index contributed by atoms with van der Waals surface area (Å²) < 4.78 is 10.2. The fourth-order valence-corrected chi connectivity index (χ4v) is 1.67. The van der Waals surface area contributed by atoms with E-state index in [0.717, 1.165) is 0 Å². The molecule has 0 saturated carbocycles. The Kier molecular flexibility index (Phi) is 2.86. The molecule has 0 spiro atoms. The van der Waals surface area contributed by atoms with Crippen molar-refractivity contribution in [2.24, 2.45) is 16.5 Å². The van der Waals surface area contributed by atoms with Gasteiger partial charge in [-0.3, -0.25) is 11.1 Å². The summed E-state index contributed by atoms with van der Waals surface area (Å²) in [6.07, 6.45) is -0.865. The van der Waals surface area contributed by atoms with Crippen LogP contribution in [0.4, 0.5) is 0 Å². The third-order valence-corrected chi connectivity index (χ3v) is 2.44. The molecular formula is C8H16N6O2. The maximum absolute atomic E-state index is 5.89. The number of methoxy groups -OCH3 is 2. The van der Waals surface area contributed by atoms with Gasteiger partial charge in [0.05, 0.1) is 20.4 Å². The van der Waals surface area contributed by atoms with Crippen LogP contribution in [0, 0.1) is 0 Å². The van der Waals surface area contributed by atoms with Gasteiger partial charge in [-0.1, -0.05) is 0 Å². The lowest BCUT2D eigenvalue weighted by Gasteiger charge is -2.37. The summed E-state index contributed by atoms with van der Waals surface area (Å²) in [5, 5.41) is 8.96. The van der Waals surface area contributed by atoms with E-state index in [2.05, 4.69) is 20.9 Å². The molecule has 2 aliphatic rings. The number of hydrogen-bond acceptors (Lipinski definition) is 8. The molecule has 0 amide bonds. The van der Waals surface area contributed by atoms with E-state index in [9.17, 15) is 0 Å². The fraction of sp³-hybridized carbons (Fsp3) is 0.625. The van der Waals surface area contributed by atoms with Crippen molar-refractivity contribution in [1.82, 2.24) is 16.0 Å². The average Bonchev–Trinajstić information content (AvgIpc) is 2.27. The first-order valence-electron chi connectivity index (χ1n) is 4.86. The van der Waals surface area contributed by atoms with E-state index in [1.807, 2.05) is 0 Å². The summed E-state index contributed by atoms with van der Waals surface area (Å²) in [6, 6.07) is -0.214. The lowest BCUT2D eigenvalue weighted by atomic mass is 10.1. The van der Waals surface area contributed by atoms with Crippen LogP contribution in [0.3, 0.4) is 0 Å². The van der Waals surface area contributed by atoms with Gasteiger partial charge in [0.1, 0.15) is 11.9 Å². The van der Waals surface area contributed by atoms with Crippen molar-refractivity contribution >= 4 is 5.84 Å². The highest BCUT2D eigenvalue weighted by molar-refractivity contribution is 5.91.